The largest absolute Gasteiger partial charge is 0.436 e. The summed E-state index contributed by atoms with van der Waals surface area (Å²) in [4.78, 5) is 4.18. The summed E-state index contributed by atoms with van der Waals surface area (Å²) in [6.07, 6.45) is 1.68. The number of aromatic nitrogens is 1. The van der Waals surface area contributed by atoms with E-state index < -0.39 is 0 Å². The van der Waals surface area contributed by atoms with E-state index in [0.717, 1.165) is 5.56 Å². The highest BCUT2D eigenvalue weighted by Crippen LogP contribution is 2.33. The van der Waals surface area contributed by atoms with Crippen LogP contribution in [0, 0.1) is 5.82 Å². The van der Waals surface area contributed by atoms with Gasteiger partial charge in [0.05, 0.1) is 4.47 Å². The minimum absolute atomic E-state index is 0.247. The zero-order chi connectivity index (χ0) is 15.4. The molecule has 2 rings (SSSR count). The Balaban J connectivity index is 2.15. The molecular formula is C15H15BrClFN2O. The molecule has 0 aliphatic rings. The van der Waals surface area contributed by atoms with E-state index in [1.54, 1.807) is 18.3 Å². The van der Waals surface area contributed by atoms with Crippen molar-refractivity contribution in [3.63, 3.8) is 0 Å². The SMILES string of the molecule is CC(C)NCc1cnc(Oc2cc(F)ccc2Br)c(Cl)c1. The Labute approximate surface area is 136 Å². The summed E-state index contributed by atoms with van der Waals surface area (Å²) in [5.74, 6) is 0.191. The van der Waals surface area contributed by atoms with Crippen LogP contribution in [0.3, 0.4) is 0 Å². The highest BCUT2D eigenvalue weighted by molar-refractivity contribution is 9.10. The van der Waals surface area contributed by atoms with Gasteiger partial charge in [-0.2, -0.15) is 0 Å². The number of hydrogen-bond donors (Lipinski definition) is 1. The fraction of sp³-hybridized carbons (Fsp3) is 0.267. The predicted octanol–water partition coefficient (Wildman–Crippen LogP) is 4.93. The van der Waals surface area contributed by atoms with Crippen LogP contribution in [0.1, 0.15) is 19.4 Å². The van der Waals surface area contributed by atoms with Gasteiger partial charge in [-0.25, -0.2) is 9.37 Å². The van der Waals surface area contributed by atoms with E-state index in [9.17, 15) is 4.39 Å². The molecule has 1 N–H and O–H groups in total. The molecule has 3 nitrogen and oxygen atoms in total. The van der Waals surface area contributed by atoms with Gasteiger partial charge in [0.15, 0.2) is 0 Å². The average Bonchev–Trinajstić information content (AvgIpc) is 2.43. The first-order valence-corrected chi connectivity index (χ1v) is 7.63. The molecule has 0 aliphatic carbocycles. The Hall–Kier alpha value is -1.17. The van der Waals surface area contributed by atoms with Gasteiger partial charge >= 0.3 is 0 Å². The number of ether oxygens (including phenoxy) is 1. The van der Waals surface area contributed by atoms with Crippen molar-refractivity contribution in [1.29, 1.82) is 0 Å². The summed E-state index contributed by atoms with van der Waals surface area (Å²) < 4.78 is 19.4. The van der Waals surface area contributed by atoms with Crippen LogP contribution in [0.4, 0.5) is 4.39 Å². The molecular weight excluding hydrogens is 359 g/mol. The number of rotatable bonds is 5. The van der Waals surface area contributed by atoms with Crippen molar-refractivity contribution in [3.8, 4) is 11.6 Å². The molecule has 21 heavy (non-hydrogen) atoms. The molecule has 0 saturated heterocycles. The Morgan fingerprint density at radius 3 is 2.81 bits per heavy atom. The molecule has 0 aliphatic heterocycles. The number of hydrogen-bond acceptors (Lipinski definition) is 3. The fourth-order valence-electron chi connectivity index (χ4n) is 1.62. The van der Waals surface area contributed by atoms with Crippen LogP contribution in [0.15, 0.2) is 34.9 Å². The first-order chi connectivity index (χ1) is 9.95. The predicted molar refractivity (Wildman–Crippen MR) is 85.4 cm³/mol. The molecule has 2 aromatic rings. The Kier molecular flexibility index (Phi) is 5.56. The van der Waals surface area contributed by atoms with Crippen molar-refractivity contribution < 1.29 is 9.13 Å². The summed E-state index contributed by atoms with van der Waals surface area (Å²) in [5.41, 5.74) is 0.958. The minimum atomic E-state index is -0.387. The van der Waals surface area contributed by atoms with Gasteiger partial charge in [-0.1, -0.05) is 25.4 Å². The fourth-order valence-corrected chi connectivity index (χ4v) is 2.17. The van der Waals surface area contributed by atoms with E-state index in [-0.39, 0.29) is 11.7 Å². The van der Waals surface area contributed by atoms with Gasteiger partial charge in [0.2, 0.25) is 5.88 Å². The van der Waals surface area contributed by atoms with Crippen LogP contribution in [-0.2, 0) is 6.54 Å². The summed E-state index contributed by atoms with van der Waals surface area (Å²) in [6.45, 7) is 4.80. The number of nitrogens with zero attached hydrogens (tertiary/aromatic N) is 1. The molecule has 1 heterocycles. The second-order valence-corrected chi connectivity index (χ2v) is 6.10. The van der Waals surface area contributed by atoms with Crippen LogP contribution in [0.5, 0.6) is 11.6 Å². The smallest absolute Gasteiger partial charge is 0.238 e. The topological polar surface area (TPSA) is 34.2 Å². The molecule has 6 heteroatoms. The number of halogens is 3. The highest BCUT2D eigenvalue weighted by Gasteiger charge is 2.10. The maximum absolute atomic E-state index is 13.2. The molecule has 0 fully saturated rings. The van der Waals surface area contributed by atoms with Crippen LogP contribution in [-0.4, -0.2) is 11.0 Å². The van der Waals surface area contributed by atoms with Crippen LogP contribution in [0.2, 0.25) is 5.02 Å². The standard InChI is InChI=1S/C15H15BrClFN2O/c1-9(2)19-7-10-5-13(17)15(20-8-10)21-14-6-11(18)3-4-12(14)16/h3-6,8-9,19H,7H2,1-2H3. The summed E-state index contributed by atoms with van der Waals surface area (Å²) in [6, 6.07) is 6.34. The second-order valence-electron chi connectivity index (χ2n) is 4.84. The van der Waals surface area contributed by atoms with Crippen molar-refractivity contribution in [2.75, 3.05) is 0 Å². The van der Waals surface area contributed by atoms with Crippen molar-refractivity contribution >= 4 is 27.5 Å². The highest BCUT2D eigenvalue weighted by atomic mass is 79.9. The van der Waals surface area contributed by atoms with E-state index in [0.29, 0.717) is 27.8 Å². The third-order valence-electron chi connectivity index (χ3n) is 2.68. The van der Waals surface area contributed by atoms with Gasteiger partial charge < -0.3 is 10.1 Å². The minimum Gasteiger partial charge on any atom is -0.436 e. The first-order valence-electron chi connectivity index (χ1n) is 6.46. The van der Waals surface area contributed by atoms with Gasteiger partial charge in [-0.05, 0) is 39.7 Å². The molecule has 0 bridgehead atoms. The van der Waals surface area contributed by atoms with Crippen LogP contribution in [0.25, 0.3) is 0 Å². The molecule has 1 aromatic heterocycles. The lowest BCUT2D eigenvalue weighted by atomic mass is 10.2. The lowest BCUT2D eigenvalue weighted by molar-refractivity contribution is 0.454. The molecule has 1 aromatic carbocycles. The van der Waals surface area contributed by atoms with Gasteiger partial charge in [0.25, 0.3) is 0 Å². The van der Waals surface area contributed by atoms with Crippen molar-refractivity contribution in [2.45, 2.75) is 26.4 Å². The molecule has 0 spiro atoms. The van der Waals surface area contributed by atoms with Crippen molar-refractivity contribution in [1.82, 2.24) is 10.3 Å². The quantitative estimate of drug-likeness (QED) is 0.807. The summed E-state index contributed by atoms with van der Waals surface area (Å²) in [5, 5.41) is 3.66. The Morgan fingerprint density at radius 1 is 1.38 bits per heavy atom. The summed E-state index contributed by atoms with van der Waals surface area (Å²) in [7, 11) is 0. The molecule has 112 valence electrons. The van der Waals surface area contributed by atoms with E-state index in [2.05, 4.69) is 40.1 Å². The van der Waals surface area contributed by atoms with Crippen molar-refractivity contribution in [3.05, 3.63) is 51.3 Å². The van der Waals surface area contributed by atoms with Crippen LogP contribution < -0.4 is 10.1 Å². The maximum atomic E-state index is 13.2. The Morgan fingerprint density at radius 2 is 2.14 bits per heavy atom. The third-order valence-corrected chi connectivity index (χ3v) is 3.60. The van der Waals surface area contributed by atoms with Crippen molar-refractivity contribution in [2.24, 2.45) is 0 Å². The average molecular weight is 374 g/mol. The zero-order valence-electron chi connectivity index (χ0n) is 11.7. The third kappa shape index (κ3) is 4.66. The van der Waals surface area contributed by atoms with E-state index in [4.69, 9.17) is 16.3 Å². The zero-order valence-corrected chi connectivity index (χ0v) is 14.0. The monoisotopic (exact) mass is 372 g/mol. The number of pyridine rings is 1. The lowest BCUT2D eigenvalue weighted by Crippen LogP contribution is -2.21. The number of nitrogens with one attached hydrogen (secondary N) is 1. The second kappa shape index (κ2) is 7.20. The number of benzene rings is 1. The summed E-state index contributed by atoms with van der Waals surface area (Å²) >= 11 is 9.46. The van der Waals surface area contributed by atoms with E-state index in [1.165, 1.54) is 12.1 Å². The van der Waals surface area contributed by atoms with Gasteiger partial charge in [-0.3, -0.25) is 0 Å². The Bertz CT molecular complexity index is 637. The molecule has 0 atom stereocenters. The van der Waals surface area contributed by atoms with E-state index >= 15 is 0 Å². The van der Waals surface area contributed by atoms with E-state index in [1.807, 2.05) is 0 Å². The molecule has 0 radical (unpaired) electrons. The molecule has 0 saturated carbocycles. The van der Waals surface area contributed by atoms with Crippen LogP contribution >= 0.6 is 27.5 Å². The van der Waals surface area contributed by atoms with Gasteiger partial charge in [-0.15, -0.1) is 0 Å². The van der Waals surface area contributed by atoms with Gasteiger partial charge in [0.1, 0.15) is 16.6 Å². The first kappa shape index (κ1) is 16.2. The molecule has 0 amide bonds. The lowest BCUT2D eigenvalue weighted by Gasteiger charge is -2.11. The molecule has 0 unspecified atom stereocenters. The maximum Gasteiger partial charge on any atom is 0.238 e. The normalized spacial score (nSPS) is 11.0. The van der Waals surface area contributed by atoms with Gasteiger partial charge in [0, 0.05) is 24.8 Å².